The number of ether oxygens (including phenoxy) is 1. The van der Waals surface area contributed by atoms with Gasteiger partial charge in [-0.25, -0.2) is 0 Å². The molecule has 7 nitrogen and oxygen atoms in total. The molecule has 1 aromatic carbocycles. The molecule has 7 heteroatoms. The van der Waals surface area contributed by atoms with Crippen molar-refractivity contribution in [3.8, 4) is 0 Å². The largest absolute Gasteiger partial charge is 0.373 e. The summed E-state index contributed by atoms with van der Waals surface area (Å²) in [5.41, 5.74) is 3.44. The summed E-state index contributed by atoms with van der Waals surface area (Å²) in [5, 5.41) is 18.7. The van der Waals surface area contributed by atoms with Gasteiger partial charge in [0.2, 0.25) is 0 Å². The Hall–Kier alpha value is -2.54. The van der Waals surface area contributed by atoms with Crippen LogP contribution in [0.4, 0.5) is 5.82 Å². The highest BCUT2D eigenvalue weighted by Gasteiger charge is 2.19. The summed E-state index contributed by atoms with van der Waals surface area (Å²) >= 11 is 0. The van der Waals surface area contributed by atoms with Crippen molar-refractivity contribution in [3.63, 3.8) is 0 Å². The smallest absolute Gasteiger partial charge is 0.200 e. The van der Waals surface area contributed by atoms with Gasteiger partial charge in [0.15, 0.2) is 5.65 Å². The molecule has 1 N–H and O–H groups in total. The highest BCUT2D eigenvalue weighted by molar-refractivity contribution is 5.41. The maximum atomic E-state index is 6.11. The van der Waals surface area contributed by atoms with Crippen LogP contribution >= 0.6 is 0 Å². The Morgan fingerprint density at radius 2 is 2.17 bits per heavy atom. The Balaban J connectivity index is 1.25. The number of anilines is 1. The zero-order valence-electron chi connectivity index (χ0n) is 13.4. The molecule has 2 heterocycles. The fourth-order valence-electron chi connectivity index (χ4n) is 3.14. The predicted molar refractivity (Wildman–Crippen MR) is 89.8 cm³/mol. The molecular formula is C17H20N6O. The van der Waals surface area contributed by atoms with Crippen molar-refractivity contribution in [2.75, 3.05) is 18.5 Å². The first-order valence-electron chi connectivity index (χ1n) is 8.39. The van der Waals surface area contributed by atoms with Crippen LogP contribution in [0.25, 0.3) is 5.65 Å². The maximum absolute atomic E-state index is 6.11. The number of aromatic nitrogens is 5. The van der Waals surface area contributed by atoms with Crippen molar-refractivity contribution in [1.82, 2.24) is 25.3 Å². The Labute approximate surface area is 140 Å². The first-order chi connectivity index (χ1) is 11.9. The third-order valence-electron chi connectivity index (χ3n) is 4.33. The zero-order chi connectivity index (χ0) is 16.2. The molecule has 1 atom stereocenters. The molecule has 0 saturated carbocycles. The van der Waals surface area contributed by atoms with Crippen LogP contribution in [0.2, 0.25) is 0 Å². The number of aryl methyl sites for hydroxylation is 1. The summed E-state index contributed by atoms with van der Waals surface area (Å²) in [4.78, 5) is 0. The van der Waals surface area contributed by atoms with E-state index in [-0.39, 0.29) is 6.10 Å². The van der Waals surface area contributed by atoms with E-state index < -0.39 is 0 Å². The van der Waals surface area contributed by atoms with Crippen LogP contribution < -0.4 is 5.32 Å². The van der Waals surface area contributed by atoms with Crippen LogP contribution in [0, 0.1) is 0 Å². The number of hydrogen-bond donors (Lipinski definition) is 1. The average Bonchev–Trinajstić information content (AvgIpc) is 3.09. The van der Waals surface area contributed by atoms with Gasteiger partial charge in [0, 0.05) is 13.2 Å². The van der Waals surface area contributed by atoms with Gasteiger partial charge in [0.1, 0.15) is 5.82 Å². The van der Waals surface area contributed by atoms with Crippen LogP contribution in [-0.2, 0) is 11.2 Å². The normalized spacial score (nSPS) is 16.9. The Morgan fingerprint density at radius 3 is 3.17 bits per heavy atom. The van der Waals surface area contributed by atoms with Gasteiger partial charge in [-0.1, -0.05) is 24.3 Å². The maximum Gasteiger partial charge on any atom is 0.200 e. The lowest BCUT2D eigenvalue weighted by Gasteiger charge is -2.25. The van der Waals surface area contributed by atoms with Crippen LogP contribution in [0.3, 0.4) is 0 Å². The molecule has 3 aromatic rings. The minimum absolute atomic E-state index is 0.241. The van der Waals surface area contributed by atoms with Gasteiger partial charge in [-0.2, -0.15) is 0 Å². The molecule has 24 heavy (non-hydrogen) atoms. The minimum Gasteiger partial charge on any atom is -0.373 e. The fourth-order valence-corrected chi connectivity index (χ4v) is 3.14. The molecule has 0 fully saturated rings. The third-order valence-corrected chi connectivity index (χ3v) is 4.33. The first-order valence-corrected chi connectivity index (χ1v) is 8.39. The molecule has 0 aliphatic heterocycles. The molecule has 0 saturated heterocycles. The van der Waals surface area contributed by atoms with Crippen molar-refractivity contribution in [2.24, 2.45) is 0 Å². The van der Waals surface area contributed by atoms with Gasteiger partial charge < -0.3 is 10.1 Å². The highest BCUT2D eigenvalue weighted by Crippen LogP contribution is 2.32. The first kappa shape index (κ1) is 15.0. The van der Waals surface area contributed by atoms with Crippen molar-refractivity contribution < 1.29 is 4.74 Å². The van der Waals surface area contributed by atoms with E-state index in [9.17, 15) is 0 Å². The summed E-state index contributed by atoms with van der Waals surface area (Å²) in [5.74, 6) is 0.762. The quantitative estimate of drug-likeness (QED) is 0.702. The van der Waals surface area contributed by atoms with Crippen molar-refractivity contribution in [3.05, 3.63) is 47.5 Å². The summed E-state index contributed by atoms with van der Waals surface area (Å²) in [6, 6.07) is 12.3. The van der Waals surface area contributed by atoms with Gasteiger partial charge in [0.05, 0.1) is 6.10 Å². The molecular weight excluding hydrogens is 304 g/mol. The monoisotopic (exact) mass is 324 g/mol. The molecule has 1 aliphatic rings. The topological polar surface area (TPSA) is 77.2 Å². The summed E-state index contributed by atoms with van der Waals surface area (Å²) in [7, 11) is 0. The number of nitrogens with zero attached hydrogens (tertiary/aromatic N) is 5. The number of tetrazole rings is 1. The molecule has 0 unspecified atom stereocenters. The number of nitrogens with one attached hydrogen (secondary N) is 1. The van der Waals surface area contributed by atoms with Crippen LogP contribution in [0.15, 0.2) is 36.4 Å². The van der Waals surface area contributed by atoms with Gasteiger partial charge >= 0.3 is 0 Å². The molecule has 0 amide bonds. The number of hydrogen-bond acceptors (Lipinski definition) is 6. The number of rotatable bonds is 6. The van der Waals surface area contributed by atoms with Crippen molar-refractivity contribution in [1.29, 1.82) is 0 Å². The van der Waals surface area contributed by atoms with Gasteiger partial charge in [-0.3, -0.25) is 0 Å². The second-order valence-corrected chi connectivity index (χ2v) is 5.98. The predicted octanol–water partition coefficient (Wildman–Crippen LogP) is 2.42. The lowest BCUT2D eigenvalue weighted by molar-refractivity contribution is 0.0406. The molecule has 0 bridgehead atoms. The zero-order valence-corrected chi connectivity index (χ0v) is 13.4. The highest BCUT2D eigenvalue weighted by atomic mass is 16.5. The summed E-state index contributed by atoms with van der Waals surface area (Å²) in [6.07, 6.45) is 4.65. The van der Waals surface area contributed by atoms with E-state index >= 15 is 0 Å². The van der Waals surface area contributed by atoms with Crippen molar-refractivity contribution >= 4 is 11.5 Å². The van der Waals surface area contributed by atoms with E-state index in [2.05, 4.69) is 50.2 Å². The minimum atomic E-state index is 0.241. The van der Waals surface area contributed by atoms with E-state index in [1.165, 1.54) is 28.6 Å². The molecule has 0 radical (unpaired) electrons. The molecule has 124 valence electrons. The lowest BCUT2D eigenvalue weighted by Crippen LogP contribution is -2.15. The second kappa shape index (κ2) is 6.92. The van der Waals surface area contributed by atoms with E-state index in [4.69, 9.17) is 4.74 Å². The Bertz CT molecular complexity index is 817. The standard InChI is InChI=1S/C17H20N6O/c1-2-7-14-13(5-1)6-3-8-15(14)24-12-4-11-18-16-9-10-17-19-21-22-23(17)20-16/h1-2,5,7,9-10,15H,3-4,6,8,11-12H2,(H,18,20)/t15-/m0/s1. The van der Waals surface area contributed by atoms with Crippen molar-refractivity contribution in [2.45, 2.75) is 31.8 Å². The van der Waals surface area contributed by atoms with E-state index in [0.29, 0.717) is 5.65 Å². The lowest BCUT2D eigenvalue weighted by atomic mass is 9.89. The molecule has 0 spiro atoms. The van der Waals surface area contributed by atoms with E-state index in [1.54, 1.807) is 0 Å². The SMILES string of the molecule is c1ccc2c(c1)CCC[C@@H]2OCCCNc1ccc2nnnn2n1. The van der Waals surface area contributed by atoms with Gasteiger partial charge in [-0.05, 0) is 59.4 Å². The number of benzene rings is 1. The number of fused-ring (bicyclic) bond motifs is 2. The Kier molecular flexibility index (Phi) is 4.33. The van der Waals surface area contributed by atoms with Gasteiger partial charge in [0.25, 0.3) is 0 Å². The van der Waals surface area contributed by atoms with Crippen LogP contribution in [0.5, 0.6) is 0 Å². The fraction of sp³-hybridized carbons (Fsp3) is 0.412. The molecule has 1 aliphatic carbocycles. The molecule has 4 rings (SSSR count). The summed E-state index contributed by atoms with van der Waals surface area (Å²) < 4.78 is 7.52. The Morgan fingerprint density at radius 1 is 1.21 bits per heavy atom. The van der Waals surface area contributed by atoms with Crippen LogP contribution in [0.1, 0.15) is 36.5 Å². The summed E-state index contributed by atoms with van der Waals surface area (Å²) in [6.45, 7) is 1.54. The molecule has 2 aromatic heterocycles. The van der Waals surface area contributed by atoms with Crippen LogP contribution in [-0.4, -0.2) is 38.4 Å². The third kappa shape index (κ3) is 3.21. The average molecular weight is 324 g/mol. The van der Waals surface area contributed by atoms with Gasteiger partial charge in [-0.15, -0.1) is 14.8 Å². The van der Waals surface area contributed by atoms with E-state index in [0.717, 1.165) is 31.8 Å². The van der Waals surface area contributed by atoms with E-state index in [1.807, 2.05) is 12.1 Å². The second-order valence-electron chi connectivity index (χ2n) is 5.98.